The Balaban J connectivity index is 1.95. The molecular weight excluding hydrogens is 154 g/mol. The molecule has 1 aliphatic rings. The summed E-state index contributed by atoms with van der Waals surface area (Å²) in [5, 5.41) is 5.08. The van der Waals surface area contributed by atoms with Crippen molar-refractivity contribution in [3.05, 3.63) is 0 Å². The van der Waals surface area contributed by atoms with E-state index in [1.807, 2.05) is 0 Å². The second kappa shape index (κ2) is 4.36. The topological polar surface area (TPSA) is 12.0 Å². The highest BCUT2D eigenvalue weighted by Gasteiger charge is 2.20. The Morgan fingerprint density at radius 1 is 1.36 bits per heavy atom. The molecule has 1 aliphatic carbocycles. The SMILES string of the molecule is CC(C)SC(C)CNC1CC1. The van der Waals surface area contributed by atoms with Crippen LogP contribution in [-0.2, 0) is 0 Å². The van der Waals surface area contributed by atoms with E-state index in [0.717, 1.165) is 16.5 Å². The highest BCUT2D eigenvalue weighted by atomic mass is 32.2. The largest absolute Gasteiger partial charge is 0.313 e. The molecule has 0 aromatic carbocycles. The van der Waals surface area contributed by atoms with E-state index in [-0.39, 0.29) is 0 Å². The third-order valence-corrected chi connectivity index (χ3v) is 2.95. The van der Waals surface area contributed by atoms with Crippen molar-refractivity contribution >= 4 is 11.8 Å². The van der Waals surface area contributed by atoms with Gasteiger partial charge in [-0.1, -0.05) is 20.8 Å². The molecule has 0 aliphatic heterocycles. The van der Waals surface area contributed by atoms with Crippen molar-refractivity contribution in [3.8, 4) is 0 Å². The molecular formula is C9H19NS. The highest BCUT2D eigenvalue weighted by molar-refractivity contribution is 8.00. The monoisotopic (exact) mass is 173 g/mol. The summed E-state index contributed by atoms with van der Waals surface area (Å²) >= 11 is 2.06. The standard InChI is InChI=1S/C9H19NS/c1-7(2)11-8(3)6-10-9-4-5-9/h7-10H,4-6H2,1-3H3. The van der Waals surface area contributed by atoms with Gasteiger partial charge in [0, 0.05) is 17.8 Å². The fourth-order valence-electron chi connectivity index (χ4n) is 1.13. The molecule has 1 nitrogen and oxygen atoms in total. The van der Waals surface area contributed by atoms with E-state index >= 15 is 0 Å². The molecule has 66 valence electrons. The number of hydrogen-bond donors (Lipinski definition) is 1. The summed E-state index contributed by atoms with van der Waals surface area (Å²) in [6.45, 7) is 8.02. The van der Waals surface area contributed by atoms with Crippen LogP contribution >= 0.6 is 11.8 Å². The van der Waals surface area contributed by atoms with E-state index in [0.29, 0.717) is 0 Å². The van der Waals surface area contributed by atoms with Crippen molar-refractivity contribution in [2.24, 2.45) is 0 Å². The summed E-state index contributed by atoms with van der Waals surface area (Å²) < 4.78 is 0. The molecule has 1 N–H and O–H groups in total. The zero-order valence-corrected chi connectivity index (χ0v) is 8.58. The second-order valence-electron chi connectivity index (χ2n) is 3.68. The Bertz CT molecular complexity index is 110. The minimum Gasteiger partial charge on any atom is -0.313 e. The molecule has 1 rings (SSSR count). The summed E-state index contributed by atoms with van der Waals surface area (Å²) in [6.07, 6.45) is 2.80. The van der Waals surface area contributed by atoms with Gasteiger partial charge in [0.05, 0.1) is 0 Å². The minimum atomic E-state index is 0.769. The van der Waals surface area contributed by atoms with Crippen LogP contribution in [0.1, 0.15) is 33.6 Å². The lowest BCUT2D eigenvalue weighted by Crippen LogP contribution is -2.25. The summed E-state index contributed by atoms with van der Waals surface area (Å²) in [7, 11) is 0. The Hall–Kier alpha value is 0.310. The van der Waals surface area contributed by atoms with Crippen molar-refractivity contribution in [1.29, 1.82) is 0 Å². The molecule has 1 atom stereocenters. The van der Waals surface area contributed by atoms with Crippen LogP contribution in [0.4, 0.5) is 0 Å². The minimum absolute atomic E-state index is 0.769. The van der Waals surface area contributed by atoms with Crippen LogP contribution in [0.2, 0.25) is 0 Å². The normalized spacial score (nSPS) is 20.7. The summed E-state index contributed by atoms with van der Waals surface area (Å²) in [5.74, 6) is 0. The molecule has 0 bridgehead atoms. The quantitative estimate of drug-likeness (QED) is 0.684. The molecule has 0 aromatic heterocycles. The molecule has 11 heavy (non-hydrogen) atoms. The molecule has 0 aromatic rings. The molecule has 0 radical (unpaired) electrons. The summed E-state index contributed by atoms with van der Waals surface area (Å²) in [5.41, 5.74) is 0. The maximum absolute atomic E-state index is 3.54. The zero-order valence-electron chi connectivity index (χ0n) is 7.76. The fourth-order valence-corrected chi connectivity index (χ4v) is 2.25. The van der Waals surface area contributed by atoms with Crippen molar-refractivity contribution in [2.75, 3.05) is 6.54 Å². The number of nitrogens with one attached hydrogen (secondary N) is 1. The van der Waals surface area contributed by atoms with E-state index in [1.165, 1.54) is 19.4 Å². The third kappa shape index (κ3) is 4.70. The molecule has 0 heterocycles. The fraction of sp³-hybridized carbons (Fsp3) is 1.00. The average Bonchev–Trinajstić information content (AvgIpc) is 2.63. The summed E-state index contributed by atoms with van der Waals surface area (Å²) in [6, 6.07) is 0.866. The van der Waals surface area contributed by atoms with Crippen molar-refractivity contribution in [2.45, 2.75) is 50.2 Å². The van der Waals surface area contributed by atoms with Crippen molar-refractivity contribution in [1.82, 2.24) is 5.32 Å². The summed E-state index contributed by atoms with van der Waals surface area (Å²) in [4.78, 5) is 0. The predicted octanol–water partition coefficient (Wildman–Crippen LogP) is 2.27. The first-order valence-electron chi connectivity index (χ1n) is 4.57. The molecule has 0 spiro atoms. The first kappa shape index (κ1) is 9.40. The van der Waals surface area contributed by atoms with Gasteiger partial charge >= 0.3 is 0 Å². The van der Waals surface area contributed by atoms with Gasteiger partial charge in [-0.2, -0.15) is 11.8 Å². The molecule has 2 heteroatoms. The van der Waals surface area contributed by atoms with E-state index in [4.69, 9.17) is 0 Å². The first-order chi connectivity index (χ1) is 5.18. The van der Waals surface area contributed by atoms with Crippen LogP contribution in [0.15, 0.2) is 0 Å². The predicted molar refractivity (Wildman–Crippen MR) is 53.2 cm³/mol. The van der Waals surface area contributed by atoms with E-state index in [1.54, 1.807) is 0 Å². The van der Waals surface area contributed by atoms with Gasteiger partial charge in [0.1, 0.15) is 0 Å². The van der Waals surface area contributed by atoms with Crippen molar-refractivity contribution in [3.63, 3.8) is 0 Å². The maximum Gasteiger partial charge on any atom is 0.0146 e. The number of hydrogen-bond acceptors (Lipinski definition) is 2. The molecule has 0 saturated heterocycles. The van der Waals surface area contributed by atoms with Gasteiger partial charge in [-0.3, -0.25) is 0 Å². The van der Waals surface area contributed by atoms with Crippen LogP contribution in [0.3, 0.4) is 0 Å². The molecule has 1 saturated carbocycles. The Morgan fingerprint density at radius 2 is 2.00 bits per heavy atom. The molecule has 1 fully saturated rings. The van der Waals surface area contributed by atoms with Crippen LogP contribution in [0.25, 0.3) is 0 Å². The van der Waals surface area contributed by atoms with Gasteiger partial charge < -0.3 is 5.32 Å². The van der Waals surface area contributed by atoms with Crippen LogP contribution in [0.5, 0.6) is 0 Å². The Morgan fingerprint density at radius 3 is 2.45 bits per heavy atom. The Kier molecular flexibility index (Phi) is 3.73. The van der Waals surface area contributed by atoms with Gasteiger partial charge in [-0.25, -0.2) is 0 Å². The lowest BCUT2D eigenvalue weighted by Gasteiger charge is -2.13. The Labute approximate surface area is 74.3 Å². The van der Waals surface area contributed by atoms with E-state index < -0.39 is 0 Å². The van der Waals surface area contributed by atoms with Gasteiger partial charge in [0.15, 0.2) is 0 Å². The van der Waals surface area contributed by atoms with E-state index in [2.05, 4.69) is 37.8 Å². The van der Waals surface area contributed by atoms with Crippen LogP contribution in [0, 0.1) is 0 Å². The molecule has 0 amide bonds. The van der Waals surface area contributed by atoms with Crippen molar-refractivity contribution < 1.29 is 0 Å². The van der Waals surface area contributed by atoms with Gasteiger partial charge in [0.2, 0.25) is 0 Å². The number of rotatable bonds is 5. The van der Waals surface area contributed by atoms with Gasteiger partial charge in [-0.15, -0.1) is 0 Å². The highest BCUT2D eigenvalue weighted by Crippen LogP contribution is 2.21. The lowest BCUT2D eigenvalue weighted by atomic mass is 10.4. The van der Waals surface area contributed by atoms with Gasteiger partial charge in [-0.05, 0) is 18.1 Å². The third-order valence-electron chi connectivity index (χ3n) is 1.78. The van der Waals surface area contributed by atoms with Crippen LogP contribution in [-0.4, -0.2) is 23.1 Å². The first-order valence-corrected chi connectivity index (χ1v) is 5.51. The maximum atomic E-state index is 3.54. The molecule has 1 unspecified atom stereocenters. The average molecular weight is 173 g/mol. The zero-order chi connectivity index (χ0) is 8.27. The smallest absolute Gasteiger partial charge is 0.0146 e. The van der Waals surface area contributed by atoms with E-state index in [9.17, 15) is 0 Å². The second-order valence-corrected chi connectivity index (χ2v) is 5.70. The lowest BCUT2D eigenvalue weighted by molar-refractivity contribution is 0.678. The number of thioether (sulfide) groups is 1. The van der Waals surface area contributed by atoms with Gasteiger partial charge in [0.25, 0.3) is 0 Å². The van der Waals surface area contributed by atoms with Crippen LogP contribution < -0.4 is 5.32 Å².